The minimum Gasteiger partial charge on any atom is -0.343 e. The Hall–Kier alpha value is -2.21. The predicted octanol–water partition coefficient (Wildman–Crippen LogP) is 2.70. The van der Waals surface area contributed by atoms with Crippen LogP contribution in [0.1, 0.15) is 40.4 Å². The summed E-state index contributed by atoms with van der Waals surface area (Å²) < 4.78 is 0. The smallest absolute Gasteiger partial charge is 0.251 e. The molecule has 2 aromatic rings. The molecule has 0 unspecified atom stereocenters. The van der Waals surface area contributed by atoms with Crippen molar-refractivity contribution in [1.29, 1.82) is 0 Å². The highest BCUT2D eigenvalue weighted by Gasteiger charge is 2.26. The number of rotatable bonds is 5. The molecule has 1 aliphatic carbocycles. The zero-order valence-electron chi connectivity index (χ0n) is 12.3. The molecule has 1 aromatic heterocycles. The standard InChI is InChI=1S/C16H17N3O2S/c1-10-2-4-12(5-3-10)15(21)17-8-14(20)19-16-18-13(9-22-16)11-6-7-11/h2-5,9,11H,6-8H2,1H3,(H,17,21)(H,18,19,20). The van der Waals surface area contributed by atoms with Gasteiger partial charge in [-0.2, -0.15) is 0 Å². The lowest BCUT2D eigenvalue weighted by molar-refractivity contribution is -0.115. The van der Waals surface area contributed by atoms with Crippen LogP contribution in [-0.2, 0) is 4.79 Å². The molecule has 0 bridgehead atoms. The van der Waals surface area contributed by atoms with Crippen LogP contribution in [0.4, 0.5) is 5.13 Å². The van der Waals surface area contributed by atoms with E-state index in [1.54, 1.807) is 12.1 Å². The number of aromatic nitrogens is 1. The summed E-state index contributed by atoms with van der Waals surface area (Å²) in [5.41, 5.74) is 2.69. The second-order valence-corrected chi connectivity index (χ2v) is 6.31. The Morgan fingerprint density at radius 2 is 2.00 bits per heavy atom. The first-order chi connectivity index (χ1) is 10.6. The van der Waals surface area contributed by atoms with Gasteiger partial charge in [-0.15, -0.1) is 11.3 Å². The monoisotopic (exact) mass is 315 g/mol. The van der Waals surface area contributed by atoms with E-state index >= 15 is 0 Å². The van der Waals surface area contributed by atoms with Gasteiger partial charge in [-0.05, 0) is 31.9 Å². The van der Waals surface area contributed by atoms with Crippen LogP contribution in [0.5, 0.6) is 0 Å². The van der Waals surface area contributed by atoms with E-state index in [1.165, 1.54) is 24.2 Å². The van der Waals surface area contributed by atoms with Crippen molar-refractivity contribution in [3.05, 3.63) is 46.5 Å². The summed E-state index contributed by atoms with van der Waals surface area (Å²) in [4.78, 5) is 28.1. The van der Waals surface area contributed by atoms with Crippen molar-refractivity contribution in [3.63, 3.8) is 0 Å². The zero-order chi connectivity index (χ0) is 15.5. The summed E-state index contributed by atoms with van der Waals surface area (Å²) in [5.74, 6) is 0.0493. The number of hydrogen-bond acceptors (Lipinski definition) is 4. The van der Waals surface area contributed by atoms with E-state index in [0.717, 1.165) is 11.3 Å². The SMILES string of the molecule is Cc1ccc(C(=O)NCC(=O)Nc2nc(C3CC3)cs2)cc1. The number of aryl methyl sites for hydroxylation is 1. The van der Waals surface area contributed by atoms with Crippen LogP contribution in [0.25, 0.3) is 0 Å². The number of nitrogens with zero attached hydrogens (tertiary/aromatic N) is 1. The fraction of sp³-hybridized carbons (Fsp3) is 0.312. The van der Waals surface area contributed by atoms with E-state index < -0.39 is 0 Å². The van der Waals surface area contributed by atoms with E-state index in [4.69, 9.17) is 0 Å². The first kappa shape index (κ1) is 14.7. The van der Waals surface area contributed by atoms with Gasteiger partial charge in [0.2, 0.25) is 5.91 Å². The van der Waals surface area contributed by atoms with Crippen molar-refractivity contribution in [2.45, 2.75) is 25.7 Å². The van der Waals surface area contributed by atoms with Crippen molar-refractivity contribution in [1.82, 2.24) is 10.3 Å². The molecule has 0 atom stereocenters. The van der Waals surface area contributed by atoms with Gasteiger partial charge in [-0.25, -0.2) is 4.98 Å². The fourth-order valence-corrected chi connectivity index (χ4v) is 2.85. The number of anilines is 1. The average molecular weight is 315 g/mol. The van der Waals surface area contributed by atoms with Crippen LogP contribution in [-0.4, -0.2) is 23.3 Å². The lowest BCUT2D eigenvalue weighted by Crippen LogP contribution is -2.32. The number of carbonyl (C=O) groups excluding carboxylic acids is 2. The Morgan fingerprint density at radius 1 is 1.27 bits per heavy atom. The molecular formula is C16H17N3O2S. The summed E-state index contributed by atoms with van der Waals surface area (Å²) >= 11 is 1.42. The largest absolute Gasteiger partial charge is 0.343 e. The van der Waals surface area contributed by atoms with E-state index in [-0.39, 0.29) is 18.4 Å². The first-order valence-corrected chi connectivity index (χ1v) is 8.10. The third-order valence-corrected chi connectivity index (χ3v) is 4.26. The van der Waals surface area contributed by atoms with Crippen molar-refractivity contribution in [2.75, 3.05) is 11.9 Å². The van der Waals surface area contributed by atoms with Crippen molar-refractivity contribution < 1.29 is 9.59 Å². The molecule has 1 saturated carbocycles. The predicted molar refractivity (Wildman–Crippen MR) is 86.2 cm³/mol. The van der Waals surface area contributed by atoms with Gasteiger partial charge in [0.05, 0.1) is 12.2 Å². The molecule has 3 rings (SSSR count). The minimum absolute atomic E-state index is 0.0644. The van der Waals surface area contributed by atoms with Crippen molar-refractivity contribution in [2.24, 2.45) is 0 Å². The molecule has 5 nitrogen and oxygen atoms in total. The third-order valence-electron chi connectivity index (χ3n) is 3.49. The summed E-state index contributed by atoms with van der Waals surface area (Å²) in [5, 5.41) is 7.90. The van der Waals surface area contributed by atoms with Crippen LogP contribution in [0.15, 0.2) is 29.6 Å². The maximum absolute atomic E-state index is 11.9. The Kier molecular flexibility index (Phi) is 4.20. The number of benzene rings is 1. The molecule has 6 heteroatoms. The Labute approximate surface area is 132 Å². The molecule has 1 aromatic carbocycles. The summed E-state index contributed by atoms with van der Waals surface area (Å²) in [6.07, 6.45) is 2.37. The van der Waals surface area contributed by atoms with Gasteiger partial charge in [0.1, 0.15) is 0 Å². The number of carbonyl (C=O) groups is 2. The molecule has 0 spiro atoms. The normalized spacial score (nSPS) is 13.7. The number of nitrogens with one attached hydrogen (secondary N) is 2. The average Bonchev–Trinajstić information content (AvgIpc) is 3.26. The molecule has 1 fully saturated rings. The summed E-state index contributed by atoms with van der Waals surface area (Å²) in [6.45, 7) is 1.89. The second kappa shape index (κ2) is 6.27. The maximum atomic E-state index is 11.9. The molecule has 22 heavy (non-hydrogen) atoms. The highest BCUT2D eigenvalue weighted by atomic mass is 32.1. The minimum atomic E-state index is -0.267. The van der Waals surface area contributed by atoms with E-state index in [2.05, 4.69) is 15.6 Å². The molecule has 0 radical (unpaired) electrons. The molecule has 114 valence electrons. The Morgan fingerprint density at radius 3 is 2.68 bits per heavy atom. The van der Waals surface area contributed by atoms with E-state index in [0.29, 0.717) is 16.6 Å². The lowest BCUT2D eigenvalue weighted by atomic mass is 10.1. The second-order valence-electron chi connectivity index (χ2n) is 5.45. The van der Waals surface area contributed by atoms with Crippen molar-refractivity contribution >= 4 is 28.3 Å². The van der Waals surface area contributed by atoms with Crippen LogP contribution in [0.3, 0.4) is 0 Å². The van der Waals surface area contributed by atoms with Crippen LogP contribution in [0.2, 0.25) is 0 Å². The van der Waals surface area contributed by atoms with Gasteiger partial charge in [-0.3, -0.25) is 9.59 Å². The summed E-state index contributed by atoms with van der Waals surface area (Å²) in [6, 6.07) is 7.21. The van der Waals surface area contributed by atoms with Gasteiger partial charge in [0, 0.05) is 16.9 Å². The first-order valence-electron chi connectivity index (χ1n) is 7.22. The maximum Gasteiger partial charge on any atom is 0.251 e. The number of thiazole rings is 1. The van der Waals surface area contributed by atoms with Gasteiger partial charge < -0.3 is 10.6 Å². The Bertz CT molecular complexity index is 690. The molecule has 2 amide bonds. The molecule has 2 N–H and O–H groups in total. The van der Waals surface area contributed by atoms with Gasteiger partial charge >= 0.3 is 0 Å². The van der Waals surface area contributed by atoms with Crippen LogP contribution in [0, 0.1) is 6.92 Å². The van der Waals surface area contributed by atoms with Crippen LogP contribution >= 0.6 is 11.3 Å². The van der Waals surface area contributed by atoms with E-state index in [1.807, 2.05) is 24.4 Å². The van der Waals surface area contributed by atoms with Crippen LogP contribution < -0.4 is 10.6 Å². The van der Waals surface area contributed by atoms with Crippen molar-refractivity contribution in [3.8, 4) is 0 Å². The molecule has 0 aliphatic heterocycles. The Balaban J connectivity index is 1.48. The lowest BCUT2D eigenvalue weighted by Gasteiger charge is -2.05. The van der Waals surface area contributed by atoms with Gasteiger partial charge in [-0.1, -0.05) is 17.7 Å². The highest BCUT2D eigenvalue weighted by molar-refractivity contribution is 7.13. The van der Waals surface area contributed by atoms with E-state index in [9.17, 15) is 9.59 Å². The molecule has 1 heterocycles. The van der Waals surface area contributed by atoms with Gasteiger partial charge in [0.25, 0.3) is 5.91 Å². The molecular weight excluding hydrogens is 298 g/mol. The van der Waals surface area contributed by atoms with Gasteiger partial charge in [0.15, 0.2) is 5.13 Å². The number of amides is 2. The molecule has 0 saturated heterocycles. The summed E-state index contributed by atoms with van der Waals surface area (Å²) in [7, 11) is 0. The zero-order valence-corrected chi connectivity index (χ0v) is 13.1. The molecule has 1 aliphatic rings. The number of hydrogen-bond donors (Lipinski definition) is 2. The topological polar surface area (TPSA) is 71.1 Å². The highest BCUT2D eigenvalue weighted by Crippen LogP contribution is 2.40. The quantitative estimate of drug-likeness (QED) is 0.891. The third kappa shape index (κ3) is 3.71. The fourth-order valence-electron chi connectivity index (χ4n) is 2.04.